The number of benzene rings is 4. The van der Waals surface area contributed by atoms with E-state index in [1.54, 1.807) is 0 Å². The second-order valence-electron chi connectivity index (χ2n) is 12.1. The number of halogens is 2. The molecule has 244 valence electrons. The average molecular weight is 698 g/mol. The number of hydrogen-bond donors (Lipinski definition) is 0. The number of aromatic nitrogens is 1. The zero-order chi connectivity index (χ0) is 33.1. The monoisotopic (exact) mass is 696 g/mol. The first-order valence-corrected chi connectivity index (χ1v) is 18.2. The molecule has 6 rings (SSSR count). The van der Waals surface area contributed by atoms with Crippen LogP contribution < -0.4 is 29.6 Å². The Balaban J connectivity index is 0.000000367. The fourth-order valence-corrected chi connectivity index (χ4v) is 7.12. The van der Waals surface area contributed by atoms with Crippen LogP contribution in [0.15, 0.2) is 97.1 Å². The SMILES string of the molecule is CCCCC(CC)CBr.CCCCC(CC)Cn1c2ccccc2c2ccccc21.[2H]CF.[H-].[Na+].c1ccc2c(c1)Cc1ccccc1-2. The zero-order valence-corrected chi connectivity index (χ0v) is 32.7. The van der Waals surface area contributed by atoms with E-state index in [-0.39, 0.29) is 31.0 Å². The van der Waals surface area contributed by atoms with Gasteiger partial charge in [0.15, 0.2) is 0 Å². The second-order valence-corrected chi connectivity index (χ2v) is 12.8. The van der Waals surface area contributed by atoms with Crippen LogP contribution in [0.25, 0.3) is 32.9 Å². The average Bonchev–Trinajstić information content (AvgIpc) is 3.64. The smallest absolute Gasteiger partial charge is 1.00 e. The maximum atomic E-state index is 9.96. The van der Waals surface area contributed by atoms with Crippen LogP contribution in [-0.2, 0) is 13.0 Å². The molecular weight excluding hydrogens is 640 g/mol. The molecule has 1 nitrogen and oxygen atoms in total. The predicted octanol–water partition coefficient (Wildman–Crippen LogP) is 10.6. The summed E-state index contributed by atoms with van der Waals surface area (Å²) >= 11 is 3.51. The van der Waals surface area contributed by atoms with Crippen molar-refractivity contribution in [3.63, 3.8) is 0 Å². The quantitative estimate of drug-likeness (QED) is 0.0938. The van der Waals surface area contributed by atoms with E-state index >= 15 is 0 Å². The largest absolute Gasteiger partial charge is 1.00 e. The van der Waals surface area contributed by atoms with Gasteiger partial charge in [0.05, 0.1) is 8.52 Å². The maximum absolute atomic E-state index is 9.96. The van der Waals surface area contributed by atoms with Crippen molar-refractivity contribution in [3.8, 4) is 11.1 Å². The summed E-state index contributed by atoms with van der Waals surface area (Å²) in [4.78, 5) is 0. The number of nitrogens with zero attached hydrogens (tertiary/aromatic N) is 1. The second kappa shape index (κ2) is 22.6. The molecule has 46 heavy (non-hydrogen) atoms. The topological polar surface area (TPSA) is 4.93 Å². The minimum Gasteiger partial charge on any atom is -1.00 e. The molecule has 2 atom stereocenters. The van der Waals surface area contributed by atoms with Crippen molar-refractivity contribution in [2.45, 2.75) is 92.0 Å². The summed E-state index contributed by atoms with van der Waals surface area (Å²) in [6.45, 7) is 10.3. The Labute approximate surface area is 312 Å². The number of fused-ring (bicyclic) bond motifs is 6. The third-order valence-corrected chi connectivity index (χ3v) is 10.0. The fourth-order valence-electron chi connectivity index (χ4n) is 6.34. The van der Waals surface area contributed by atoms with Crippen LogP contribution in [0, 0.1) is 11.8 Å². The molecule has 1 aliphatic rings. The summed E-state index contributed by atoms with van der Waals surface area (Å²) in [5.74, 6) is 1.70. The van der Waals surface area contributed by atoms with Gasteiger partial charge in [-0.15, -0.1) is 0 Å². The Bertz CT molecular complexity index is 1470. The molecule has 0 radical (unpaired) electrons. The van der Waals surface area contributed by atoms with Crippen LogP contribution in [0.2, 0.25) is 0 Å². The van der Waals surface area contributed by atoms with Crippen LogP contribution in [0.3, 0.4) is 0 Å². The normalized spacial score (nSPS) is 12.5. The summed E-state index contributed by atoms with van der Waals surface area (Å²) in [6.07, 6.45) is 11.8. The van der Waals surface area contributed by atoms with Crippen molar-refractivity contribution in [3.05, 3.63) is 108 Å². The molecule has 4 heteroatoms. The molecule has 2 unspecified atom stereocenters. The van der Waals surface area contributed by atoms with E-state index in [9.17, 15) is 4.39 Å². The fraction of sp³-hybridized carbons (Fsp3) is 0.429. The van der Waals surface area contributed by atoms with Crippen molar-refractivity contribution in [2.24, 2.45) is 11.8 Å². The first kappa shape index (κ1) is 38.5. The molecule has 0 aliphatic heterocycles. The van der Waals surface area contributed by atoms with Gasteiger partial charge < -0.3 is 5.99 Å². The van der Waals surface area contributed by atoms with Crippen LogP contribution >= 0.6 is 15.9 Å². The van der Waals surface area contributed by atoms with Crippen molar-refractivity contribution in [2.75, 3.05) is 12.5 Å². The summed E-state index contributed by atoms with van der Waals surface area (Å²) in [5.41, 5.74) is 8.52. The van der Waals surface area contributed by atoms with Crippen molar-refractivity contribution >= 4 is 37.7 Å². The number of alkyl halides is 2. The summed E-state index contributed by atoms with van der Waals surface area (Å²) in [6, 6.07) is 35.0. The van der Waals surface area contributed by atoms with Gasteiger partial charge in [-0.2, -0.15) is 0 Å². The molecular formula is C42H56BrFNNa. The van der Waals surface area contributed by atoms with Crippen LogP contribution in [-0.4, -0.2) is 17.1 Å². The van der Waals surface area contributed by atoms with Gasteiger partial charge in [0, 0.05) is 33.7 Å². The Hall–Kier alpha value is -1.91. The standard InChI is InChI=1S/C20H25N.C13H10.C8H17Br.CH3F.Na.H/c1-3-5-10-16(4-2)15-21-19-13-8-6-11-17(19)18-12-7-9-14-20(18)21;1-3-7-12-10(5-1)9-11-6-2-4-8-13(11)12;1-3-5-6-8(4-2)7-9;1-2;;/h6-9,11-14,16H,3-5,10,15H2,1-2H3;1-8H,9H2;8H,3-7H2,1-2H3;1H3;;/q;;;;+1;-1/i;;;1D;;. The van der Waals surface area contributed by atoms with Gasteiger partial charge in [-0.05, 0) is 65.5 Å². The molecule has 1 aromatic heterocycles. The summed E-state index contributed by atoms with van der Waals surface area (Å²) in [7, 11) is -1.00. The molecule has 0 N–H and O–H groups in total. The minimum atomic E-state index is -1.00. The summed E-state index contributed by atoms with van der Waals surface area (Å²) < 4.78 is 18.0. The van der Waals surface area contributed by atoms with Crippen molar-refractivity contribution in [1.29, 1.82) is 0 Å². The first-order valence-electron chi connectivity index (χ1n) is 17.8. The number of unbranched alkanes of at least 4 members (excludes halogenated alkanes) is 2. The van der Waals surface area contributed by atoms with Crippen LogP contribution in [0.5, 0.6) is 0 Å². The van der Waals surface area contributed by atoms with Crippen LogP contribution in [0.1, 0.15) is 93.0 Å². The van der Waals surface area contributed by atoms with E-state index in [0.717, 1.165) is 24.8 Å². The predicted molar refractivity (Wildman–Crippen MR) is 203 cm³/mol. The third-order valence-electron chi connectivity index (χ3n) is 9.13. The summed E-state index contributed by atoms with van der Waals surface area (Å²) in [5, 5.41) is 3.96. The minimum absolute atomic E-state index is 0. The van der Waals surface area contributed by atoms with E-state index in [4.69, 9.17) is 1.37 Å². The van der Waals surface area contributed by atoms with Gasteiger partial charge >= 0.3 is 29.6 Å². The number of hydrogen-bond acceptors (Lipinski definition) is 0. The molecule has 0 amide bonds. The molecule has 5 aromatic rings. The third kappa shape index (κ3) is 11.1. The number of rotatable bonds is 11. The molecule has 0 saturated carbocycles. The van der Waals surface area contributed by atoms with Gasteiger partial charge in [0.25, 0.3) is 0 Å². The Morgan fingerprint density at radius 1 is 0.696 bits per heavy atom. The Morgan fingerprint density at radius 2 is 1.11 bits per heavy atom. The van der Waals surface area contributed by atoms with E-state index in [1.165, 1.54) is 101 Å². The molecule has 0 spiro atoms. The molecule has 4 aromatic carbocycles. The van der Waals surface area contributed by atoms with E-state index in [2.05, 4.69) is 145 Å². The molecule has 1 aliphatic carbocycles. The zero-order valence-electron chi connectivity index (χ0n) is 31.1. The van der Waals surface area contributed by atoms with Gasteiger partial charge in [0.2, 0.25) is 0 Å². The van der Waals surface area contributed by atoms with Crippen molar-refractivity contribution < 1.29 is 36.7 Å². The first-order chi connectivity index (χ1) is 22.6. The van der Waals surface area contributed by atoms with E-state index in [1.807, 2.05) is 0 Å². The molecule has 1 heterocycles. The van der Waals surface area contributed by atoms with E-state index < -0.39 is 7.15 Å². The van der Waals surface area contributed by atoms with E-state index in [0.29, 0.717) is 0 Å². The maximum Gasteiger partial charge on any atom is 1.00 e. The van der Waals surface area contributed by atoms with Gasteiger partial charge in [-0.1, -0.05) is 167 Å². The molecule has 0 saturated heterocycles. The Morgan fingerprint density at radius 3 is 1.54 bits per heavy atom. The van der Waals surface area contributed by atoms with Crippen molar-refractivity contribution in [1.82, 2.24) is 4.57 Å². The van der Waals surface area contributed by atoms with Gasteiger partial charge in [-0.25, -0.2) is 0 Å². The van der Waals surface area contributed by atoms with Gasteiger partial charge in [0.1, 0.15) is 0 Å². The van der Waals surface area contributed by atoms with Gasteiger partial charge in [-0.3, -0.25) is 4.39 Å². The molecule has 0 bridgehead atoms. The Kier molecular flexibility index (Phi) is 19.0. The van der Waals surface area contributed by atoms with Crippen LogP contribution in [0.4, 0.5) is 4.39 Å². The molecule has 0 fully saturated rings. The number of para-hydroxylation sites is 2.